The van der Waals surface area contributed by atoms with E-state index in [1.807, 2.05) is 30.3 Å². The summed E-state index contributed by atoms with van der Waals surface area (Å²) in [6.45, 7) is 0. The number of rotatable bonds is 2. The Bertz CT molecular complexity index is 409. The Balaban J connectivity index is 0.000000980. The monoisotopic (exact) mass is 190 g/mol. The molecule has 4 heteroatoms. The van der Waals surface area contributed by atoms with Crippen LogP contribution < -0.4 is 0 Å². The van der Waals surface area contributed by atoms with E-state index in [4.69, 9.17) is 0 Å². The highest BCUT2D eigenvalue weighted by Crippen LogP contribution is 2.05. The molecule has 1 aromatic carbocycles. The molecule has 72 valence electrons. The van der Waals surface area contributed by atoms with Gasteiger partial charge in [-0.1, -0.05) is 18.2 Å². The van der Waals surface area contributed by atoms with E-state index >= 15 is 0 Å². The first-order valence-corrected chi connectivity index (χ1v) is 3.95. The number of aldehydes is 1. The second-order valence-electron chi connectivity index (χ2n) is 2.67. The van der Waals surface area contributed by atoms with Crippen molar-refractivity contribution in [3.63, 3.8) is 0 Å². The highest BCUT2D eigenvalue weighted by Gasteiger charge is 1.97. The van der Waals surface area contributed by atoms with Gasteiger partial charge in [-0.05, 0) is 12.1 Å². The summed E-state index contributed by atoms with van der Waals surface area (Å²) in [6, 6.07) is 9.66. The van der Waals surface area contributed by atoms with E-state index in [2.05, 4.69) is 5.10 Å². The summed E-state index contributed by atoms with van der Waals surface area (Å²) in [4.78, 5) is 10.4. The quantitative estimate of drug-likeness (QED) is 0.659. The van der Waals surface area contributed by atoms with Gasteiger partial charge in [-0.3, -0.25) is 4.79 Å². The largest absolute Gasteiger partial charge is 0.412 e. The highest BCUT2D eigenvalue weighted by atomic mass is 16.1. The van der Waals surface area contributed by atoms with Gasteiger partial charge in [0.15, 0.2) is 6.29 Å². The second-order valence-corrected chi connectivity index (χ2v) is 2.67. The van der Waals surface area contributed by atoms with E-state index in [1.165, 1.54) is 0 Å². The number of aromatic nitrogens is 2. The average Bonchev–Trinajstić information content (AvgIpc) is 2.67. The fraction of sp³-hybridized carbons (Fsp3) is 0. The van der Waals surface area contributed by atoms with Crippen molar-refractivity contribution in [2.45, 2.75) is 0 Å². The maximum absolute atomic E-state index is 10.4. The van der Waals surface area contributed by atoms with Crippen LogP contribution >= 0.6 is 0 Å². The summed E-state index contributed by atoms with van der Waals surface area (Å²) in [5, 5.41) is 4.04. The Kier molecular flexibility index (Phi) is 3.14. The first-order valence-electron chi connectivity index (χ1n) is 3.95. The molecule has 1 heterocycles. The molecule has 0 aliphatic carbocycles. The molecule has 2 N–H and O–H groups in total. The van der Waals surface area contributed by atoms with Crippen LogP contribution in [0.1, 0.15) is 10.4 Å². The summed E-state index contributed by atoms with van der Waals surface area (Å²) in [6.07, 6.45) is 4.02. The van der Waals surface area contributed by atoms with Crippen LogP contribution in [-0.2, 0) is 0 Å². The van der Waals surface area contributed by atoms with Gasteiger partial charge in [0.05, 0.1) is 17.4 Å². The molecular formula is C10H10N2O2. The van der Waals surface area contributed by atoms with Gasteiger partial charge >= 0.3 is 0 Å². The van der Waals surface area contributed by atoms with Gasteiger partial charge in [0, 0.05) is 6.20 Å². The third-order valence-corrected chi connectivity index (χ3v) is 1.76. The Morgan fingerprint density at radius 3 is 2.50 bits per heavy atom. The predicted molar refractivity (Wildman–Crippen MR) is 52.6 cm³/mol. The zero-order valence-electron chi connectivity index (χ0n) is 7.42. The molecule has 0 unspecified atom stereocenters. The van der Waals surface area contributed by atoms with E-state index in [0.29, 0.717) is 5.56 Å². The van der Waals surface area contributed by atoms with Gasteiger partial charge in [-0.2, -0.15) is 5.10 Å². The summed E-state index contributed by atoms with van der Waals surface area (Å²) in [5.41, 5.74) is 1.54. The first kappa shape index (κ1) is 10.1. The molecular weight excluding hydrogens is 180 g/mol. The van der Waals surface area contributed by atoms with Gasteiger partial charge in [0.25, 0.3) is 0 Å². The number of carbonyl (C=O) groups excluding carboxylic acids is 1. The van der Waals surface area contributed by atoms with Crippen molar-refractivity contribution in [3.05, 3.63) is 48.3 Å². The Morgan fingerprint density at radius 1 is 1.21 bits per heavy atom. The minimum atomic E-state index is 0. The minimum absolute atomic E-state index is 0. The van der Waals surface area contributed by atoms with Crippen molar-refractivity contribution in [1.29, 1.82) is 0 Å². The molecule has 1 aromatic heterocycles. The summed E-state index contributed by atoms with van der Waals surface area (Å²) < 4.78 is 1.67. The van der Waals surface area contributed by atoms with Crippen molar-refractivity contribution in [2.24, 2.45) is 0 Å². The zero-order chi connectivity index (χ0) is 9.10. The Labute approximate surface area is 81.1 Å². The van der Waals surface area contributed by atoms with Crippen LogP contribution in [0.4, 0.5) is 0 Å². The highest BCUT2D eigenvalue weighted by molar-refractivity contribution is 5.73. The Hall–Kier alpha value is -1.94. The average molecular weight is 190 g/mol. The topological polar surface area (TPSA) is 66.4 Å². The molecule has 0 saturated carbocycles. The second kappa shape index (κ2) is 4.34. The molecule has 0 spiro atoms. The van der Waals surface area contributed by atoms with Crippen molar-refractivity contribution in [1.82, 2.24) is 9.78 Å². The van der Waals surface area contributed by atoms with Crippen molar-refractivity contribution in [2.75, 3.05) is 0 Å². The number of hydrogen-bond acceptors (Lipinski definition) is 2. The lowest BCUT2D eigenvalue weighted by Gasteiger charge is -1.97. The van der Waals surface area contributed by atoms with Crippen molar-refractivity contribution in [3.8, 4) is 5.69 Å². The summed E-state index contributed by atoms with van der Waals surface area (Å²) in [7, 11) is 0. The summed E-state index contributed by atoms with van der Waals surface area (Å²) >= 11 is 0. The van der Waals surface area contributed by atoms with E-state index in [-0.39, 0.29) is 5.48 Å². The Morgan fingerprint density at radius 2 is 1.93 bits per heavy atom. The molecule has 0 aliphatic rings. The SMILES string of the molecule is O.O=Cc1cnn(-c2ccccc2)c1. The molecule has 0 fully saturated rings. The number of carbonyl (C=O) groups is 1. The lowest BCUT2D eigenvalue weighted by molar-refractivity contribution is 0.112. The molecule has 0 radical (unpaired) electrons. The number of nitrogens with zero attached hydrogens (tertiary/aromatic N) is 2. The fourth-order valence-electron chi connectivity index (χ4n) is 1.12. The molecule has 0 aliphatic heterocycles. The maximum atomic E-state index is 10.4. The van der Waals surface area contributed by atoms with Crippen LogP contribution in [0.15, 0.2) is 42.7 Å². The van der Waals surface area contributed by atoms with Gasteiger partial charge < -0.3 is 5.48 Å². The van der Waals surface area contributed by atoms with Crippen LogP contribution in [0.25, 0.3) is 5.69 Å². The van der Waals surface area contributed by atoms with E-state index in [9.17, 15) is 4.79 Å². The van der Waals surface area contributed by atoms with Crippen LogP contribution in [-0.4, -0.2) is 21.5 Å². The van der Waals surface area contributed by atoms with Gasteiger partial charge in [0.1, 0.15) is 0 Å². The normalized spacial score (nSPS) is 9.14. The molecule has 0 atom stereocenters. The van der Waals surface area contributed by atoms with E-state index in [1.54, 1.807) is 17.1 Å². The van der Waals surface area contributed by atoms with Crippen LogP contribution in [0.3, 0.4) is 0 Å². The fourth-order valence-corrected chi connectivity index (χ4v) is 1.12. The smallest absolute Gasteiger partial charge is 0.153 e. The van der Waals surface area contributed by atoms with E-state index < -0.39 is 0 Å². The lowest BCUT2D eigenvalue weighted by atomic mass is 10.3. The maximum Gasteiger partial charge on any atom is 0.153 e. The van der Waals surface area contributed by atoms with Crippen LogP contribution in [0.5, 0.6) is 0 Å². The van der Waals surface area contributed by atoms with Crippen LogP contribution in [0.2, 0.25) is 0 Å². The number of benzene rings is 1. The third kappa shape index (κ3) is 1.86. The molecule has 0 bridgehead atoms. The number of hydrogen-bond donors (Lipinski definition) is 0. The van der Waals surface area contributed by atoms with Crippen LogP contribution in [0, 0.1) is 0 Å². The van der Waals surface area contributed by atoms with E-state index in [0.717, 1.165) is 12.0 Å². The summed E-state index contributed by atoms with van der Waals surface area (Å²) in [5.74, 6) is 0. The first-order chi connectivity index (χ1) is 6.40. The number of para-hydroxylation sites is 1. The van der Waals surface area contributed by atoms with Gasteiger partial charge in [0.2, 0.25) is 0 Å². The van der Waals surface area contributed by atoms with Crippen molar-refractivity contribution < 1.29 is 10.3 Å². The zero-order valence-corrected chi connectivity index (χ0v) is 7.42. The van der Waals surface area contributed by atoms with Gasteiger partial charge in [-0.15, -0.1) is 0 Å². The lowest BCUT2D eigenvalue weighted by Crippen LogP contribution is -1.92. The molecule has 0 amide bonds. The van der Waals surface area contributed by atoms with Crippen molar-refractivity contribution >= 4 is 6.29 Å². The molecule has 14 heavy (non-hydrogen) atoms. The third-order valence-electron chi connectivity index (χ3n) is 1.76. The molecule has 0 saturated heterocycles. The molecule has 2 aromatic rings. The molecule has 4 nitrogen and oxygen atoms in total. The minimum Gasteiger partial charge on any atom is -0.412 e. The predicted octanol–water partition coefficient (Wildman–Crippen LogP) is 0.860. The molecule has 2 rings (SSSR count). The van der Waals surface area contributed by atoms with Gasteiger partial charge in [-0.25, -0.2) is 4.68 Å². The standard InChI is InChI=1S/C10H8N2O.H2O/c13-8-9-6-11-12(7-9)10-4-2-1-3-5-10;/h1-8H;1H2.